The van der Waals surface area contributed by atoms with Crippen molar-refractivity contribution in [2.24, 2.45) is 0 Å². The van der Waals surface area contributed by atoms with Crippen LogP contribution in [0.3, 0.4) is 0 Å². The zero-order chi connectivity index (χ0) is 21.7. The Kier molecular flexibility index (Phi) is 7.10. The lowest BCUT2D eigenvalue weighted by Gasteiger charge is -2.07. The van der Waals surface area contributed by atoms with E-state index in [4.69, 9.17) is 23.2 Å². The van der Waals surface area contributed by atoms with Crippen molar-refractivity contribution in [1.82, 2.24) is 0 Å². The van der Waals surface area contributed by atoms with E-state index >= 15 is 0 Å². The van der Waals surface area contributed by atoms with E-state index in [-0.39, 0.29) is 22.8 Å². The molecule has 9 heteroatoms. The van der Waals surface area contributed by atoms with Crippen LogP contribution in [-0.4, -0.2) is 22.4 Å². The summed E-state index contributed by atoms with van der Waals surface area (Å²) in [6.45, 7) is 0. The summed E-state index contributed by atoms with van der Waals surface area (Å²) < 4.78 is 0. The number of ketones is 1. The number of nitrogens with one attached hydrogen (secondary N) is 1. The van der Waals surface area contributed by atoms with Gasteiger partial charge in [0, 0.05) is 38.9 Å². The third-order valence-electron chi connectivity index (χ3n) is 4.03. The Labute approximate surface area is 186 Å². The molecule has 6 nitrogen and oxygen atoms in total. The Hall–Kier alpha value is -2.87. The number of carbonyl (C=O) groups excluding carboxylic acids is 2. The molecule has 0 bridgehead atoms. The van der Waals surface area contributed by atoms with Crippen LogP contribution in [0.15, 0.2) is 71.6 Å². The van der Waals surface area contributed by atoms with Gasteiger partial charge in [-0.15, -0.1) is 11.8 Å². The van der Waals surface area contributed by atoms with Crippen LogP contribution < -0.4 is 5.32 Å². The SMILES string of the molecule is O=C(Nc1ccc(SCC(=O)c2ccc(Cl)cc2Cl)cc1)c1cccc([N+](=O)[O-])c1. The maximum absolute atomic E-state index is 12.3. The first kappa shape index (κ1) is 21.8. The number of Topliss-reactive ketones (excluding diaryl/α,β-unsaturated/α-hetero) is 1. The van der Waals surface area contributed by atoms with Gasteiger partial charge in [0.05, 0.1) is 15.7 Å². The fourth-order valence-electron chi connectivity index (χ4n) is 2.54. The maximum Gasteiger partial charge on any atom is 0.270 e. The molecule has 0 radical (unpaired) electrons. The van der Waals surface area contributed by atoms with Crippen molar-refractivity contribution < 1.29 is 14.5 Å². The van der Waals surface area contributed by atoms with Crippen molar-refractivity contribution >= 4 is 58.0 Å². The van der Waals surface area contributed by atoms with Crippen molar-refractivity contribution in [3.8, 4) is 0 Å². The third-order valence-corrected chi connectivity index (χ3v) is 5.59. The molecule has 1 amide bonds. The van der Waals surface area contributed by atoms with Crippen LogP contribution in [0.1, 0.15) is 20.7 Å². The molecule has 3 rings (SSSR count). The molecule has 0 aliphatic rings. The number of hydrogen-bond donors (Lipinski definition) is 1. The van der Waals surface area contributed by atoms with Crippen LogP contribution in [0.2, 0.25) is 10.0 Å². The normalized spacial score (nSPS) is 10.5. The number of benzene rings is 3. The van der Waals surface area contributed by atoms with E-state index in [1.165, 1.54) is 42.1 Å². The molecule has 3 aromatic rings. The van der Waals surface area contributed by atoms with Gasteiger partial charge in [-0.1, -0.05) is 29.3 Å². The zero-order valence-corrected chi connectivity index (χ0v) is 17.6. The largest absolute Gasteiger partial charge is 0.322 e. The van der Waals surface area contributed by atoms with E-state index in [9.17, 15) is 19.7 Å². The van der Waals surface area contributed by atoms with Crippen LogP contribution in [0, 0.1) is 10.1 Å². The Balaban J connectivity index is 1.59. The lowest BCUT2D eigenvalue weighted by molar-refractivity contribution is -0.384. The molecular formula is C21H14Cl2N2O4S. The summed E-state index contributed by atoms with van der Waals surface area (Å²) in [4.78, 5) is 35.8. The van der Waals surface area contributed by atoms with E-state index in [2.05, 4.69) is 5.32 Å². The molecule has 0 heterocycles. The number of nitro groups is 1. The summed E-state index contributed by atoms with van der Waals surface area (Å²) in [6, 6.07) is 17.2. The number of nitrogens with zero attached hydrogens (tertiary/aromatic N) is 1. The van der Waals surface area contributed by atoms with Crippen LogP contribution in [-0.2, 0) is 0 Å². The van der Waals surface area contributed by atoms with Gasteiger partial charge in [-0.25, -0.2) is 0 Å². The van der Waals surface area contributed by atoms with Gasteiger partial charge in [0.2, 0.25) is 0 Å². The number of halogens is 2. The number of anilines is 1. The average molecular weight is 461 g/mol. The fraction of sp³-hybridized carbons (Fsp3) is 0.0476. The van der Waals surface area contributed by atoms with Gasteiger partial charge in [0.15, 0.2) is 5.78 Å². The zero-order valence-electron chi connectivity index (χ0n) is 15.3. The third kappa shape index (κ3) is 5.60. The van der Waals surface area contributed by atoms with Crippen molar-refractivity contribution in [3.63, 3.8) is 0 Å². The molecular weight excluding hydrogens is 447 g/mol. The molecule has 0 fully saturated rings. The van der Waals surface area contributed by atoms with Crippen molar-refractivity contribution in [2.75, 3.05) is 11.1 Å². The highest BCUT2D eigenvalue weighted by Crippen LogP contribution is 2.26. The molecule has 1 N–H and O–H groups in total. The number of amides is 1. The Morgan fingerprint density at radius 1 is 1.00 bits per heavy atom. The monoisotopic (exact) mass is 460 g/mol. The molecule has 3 aromatic carbocycles. The summed E-state index contributed by atoms with van der Waals surface area (Å²) in [5.74, 6) is -0.378. The predicted molar refractivity (Wildman–Crippen MR) is 119 cm³/mol. The highest BCUT2D eigenvalue weighted by molar-refractivity contribution is 8.00. The lowest BCUT2D eigenvalue weighted by atomic mass is 10.1. The highest BCUT2D eigenvalue weighted by Gasteiger charge is 2.13. The lowest BCUT2D eigenvalue weighted by Crippen LogP contribution is -2.12. The topological polar surface area (TPSA) is 89.3 Å². The molecule has 0 aromatic heterocycles. The van der Waals surface area contributed by atoms with Crippen molar-refractivity contribution in [1.29, 1.82) is 0 Å². The number of nitro benzene ring substituents is 1. The number of rotatable bonds is 7. The van der Waals surface area contributed by atoms with Gasteiger partial charge in [-0.2, -0.15) is 0 Å². The van der Waals surface area contributed by atoms with E-state index in [1.807, 2.05) is 0 Å². The van der Waals surface area contributed by atoms with Crippen LogP contribution >= 0.6 is 35.0 Å². The summed E-state index contributed by atoms with van der Waals surface area (Å²) >= 11 is 13.2. The molecule has 0 saturated carbocycles. The second-order valence-electron chi connectivity index (χ2n) is 6.12. The second-order valence-corrected chi connectivity index (χ2v) is 8.01. The highest BCUT2D eigenvalue weighted by atomic mass is 35.5. The number of hydrogen-bond acceptors (Lipinski definition) is 5. The van der Waals surface area contributed by atoms with E-state index in [1.54, 1.807) is 36.4 Å². The fourth-order valence-corrected chi connectivity index (χ4v) is 3.84. The number of non-ortho nitro benzene ring substituents is 1. The van der Waals surface area contributed by atoms with E-state index in [0.717, 1.165) is 4.90 Å². The number of thioether (sulfide) groups is 1. The molecule has 30 heavy (non-hydrogen) atoms. The molecule has 0 aliphatic heterocycles. The minimum absolute atomic E-state index is 0.121. The van der Waals surface area contributed by atoms with Gasteiger partial charge >= 0.3 is 0 Å². The van der Waals surface area contributed by atoms with Gasteiger partial charge in [0.1, 0.15) is 0 Å². The maximum atomic E-state index is 12.3. The van der Waals surface area contributed by atoms with Crippen molar-refractivity contribution in [3.05, 3.63) is 98.0 Å². The molecule has 0 saturated heterocycles. The Morgan fingerprint density at radius 2 is 1.73 bits per heavy atom. The van der Waals surface area contributed by atoms with Crippen molar-refractivity contribution in [2.45, 2.75) is 4.90 Å². The molecule has 0 aliphatic carbocycles. The standard InChI is InChI=1S/C21H14Cl2N2O4S/c22-14-4-9-18(19(23)11-14)20(26)12-30-17-7-5-15(6-8-17)24-21(27)13-2-1-3-16(10-13)25(28)29/h1-11H,12H2,(H,24,27). The first-order valence-electron chi connectivity index (χ1n) is 8.60. The molecule has 0 unspecified atom stereocenters. The first-order valence-corrected chi connectivity index (χ1v) is 10.3. The van der Waals surface area contributed by atoms with Crippen LogP contribution in [0.25, 0.3) is 0 Å². The minimum Gasteiger partial charge on any atom is -0.322 e. The average Bonchev–Trinajstić information content (AvgIpc) is 2.73. The van der Waals surface area contributed by atoms with E-state index < -0.39 is 10.8 Å². The smallest absolute Gasteiger partial charge is 0.270 e. The summed E-state index contributed by atoms with van der Waals surface area (Å²) in [5, 5.41) is 14.3. The van der Waals surface area contributed by atoms with Gasteiger partial charge in [-0.3, -0.25) is 19.7 Å². The first-order chi connectivity index (χ1) is 14.3. The minimum atomic E-state index is -0.554. The van der Waals surface area contributed by atoms with Gasteiger partial charge < -0.3 is 5.32 Å². The van der Waals surface area contributed by atoms with E-state index in [0.29, 0.717) is 21.3 Å². The van der Waals surface area contributed by atoms with Crippen LogP contribution in [0.4, 0.5) is 11.4 Å². The Bertz CT molecular complexity index is 1120. The molecule has 152 valence electrons. The van der Waals surface area contributed by atoms with Gasteiger partial charge in [-0.05, 0) is 48.5 Å². The summed E-state index contributed by atoms with van der Waals surface area (Å²) in [6.07, 6.45) is 0. The Morgan fingerprint density at radius 3 is 2.40 bits per heavy atom. The predicted octanol–water partition coefficient (Wildman–Crippen LogP) is 6.13. The molecule has 0 spiro atoms. The summed E-state index contributed by atoms with van der Waals surface area (Å²) in [5.41, 5.74) is 0.977. The second kappa shape index (κ2) is 9.75. The van der Waals surface area contributed by atoms with Crippen LogP contribution in [0.5, 0.6) is 0 Å². The molecule has 0 atom stereocenters. The number of carbonyl (C=O) groups is 2. The van der Waals surface area contributed by atoms with Gasteiger partial charge in [0.25, 0.3) is 11.6 Å². The summed E-state index contributed by atoms with van der Waals surface area (Å²) in [7, 11) is 0. The quantitative estimate of drug-likeness (QED) is 0.198.